The molecule has 8 heteroatoms. The Hall–Kier alpha value is -1.96. The van der Waals surface area contributed by atoms with Crippen molar-refractivity contribution < 1.29 is 18.0 Å². The van der Waals surface area contributed by atoms with E-state index in [1.54, 1.807) is 0 Å². The van der Waals surface area contributed by atoms with E-state index in [0.29, 0.717) is 5.56 Å². The number of hydrogen-bond acceptors (Lipinski definition) is 4. The summed E-state index contributed by atoms with van der Waals surface area (Å²) in [6.45, 7) is 0.0697. The number of carbonyl (C=O) groups is 1. The van der Waals surface area contributed by atoms with Gasteiger partial charge in [0.25, 0.3) is 5.91 Å². The Kier molecular flexibility index (Phi) is 4.03. The first-order valence-corrected chi connectivity index (χ1v) is 6.30. The molecule has 1 aromatic carbocycles. The lowest BCUT2D eigenvalue weighted by atomic mass is 10.1. The van der Waals surface area contributed by atoms with Crippen LogP contribution in [-0.2, 0) is 12.7 Å². The van der Waals surface area contributed by atoms with Crippen LogP contribution in [0.15, 0.2) is 30.5 Å². The van der Waals surface area contributed by atoms with Crippen LogP contribution in [0.4, 0.5) is 13.2 Å². The highest BCUT2D eigenvalue weighted by Gasteiger charge is 2.30. The number of nitrogens with zero attached hydrogens (tertiary/aromatic N) is 3. The molecule has 0 N–H and O–H groups in total. The van der Waals surface area contributed by atoms with Crippen molar-refractivity contribution >= 4 is 17.6 Å². The maximum Gasteiger partial charge on any atom is 0.416 e. The molecular weight excluding hydrogens is 291 g/mol. The van der Waals surface area contributed by atoms with E-state index in [-0.39, 0.29) is 18.1 Å². The van der Waals surface area contributed by atoms with Crippen molar-refractivity contribution in [2.45, 2.75) is 12.7 Å². The minimum atomic E-state index is -4.39. The molecule has 0 atom stereocenters. The molecule has 2 rings (SSSR count). The van der Waals surface area contributed by atoms with Crippen molar-refractivity contribution in [2.24, 2.45) is 0 Å². The van der Waals surface area contributed by atoms with E-state index < -0.39 is 11.7 Å². The second-order valence-corrected chi connectivity index (χ2v) is 4.71. The normalized spacial score (nSPS) is 11.4. The van der Waals surface area contributed by atoms with Crippen LogP contribution in [0.5, 0.6) is 0 Å². The van der Waals surface area contributed by atoms with Crippen molar-refractivity contribution in [1.82, 2.24) is 13.6 Å². The number of benzene rings is 1. The van der Waals surface area contributed by atoms with Gasteiger partial charge in [-0.05, 0) is 17.7 Å². The number of aromatic nitrogens is 2. The highest BCUT2D eigenvalue weighted by Crippen LogP contribution is 2.29. The minimum absolute atomic E-state index is 0.0697. The quantitative estimate of drug-likeness (QED) is 0.875. The summed E-state index contributed by atoms with van der Waals surface area (Å²) in [5.41, 5.74) is -0.144. The lowest BCUT2D eigenvalue weighted by molar-refractivity contribution is -0.137. The molecule has 0 unspecified atom stereocenters. The zero-order chi connectivity index (χ0) is 14.8. The van der Waals surface area contributed by atoms with Crippen LogP contribution in [0.3, 0.4) is 0 Å². The molecular formula is C12H10F3N3OS. The Morgan fingerprint density at radius 3 is 2.75 bits per heavy atom. The molecule has 1 aromatic heterocycles. The second-order valence-electron chi connectivity index (χ2n) is 4.15. The smallest absolute Gasteiger partial charge is 0.336 e. The van der Waals surface area contributed by atoms with Crippen molar-refractivity contribution in [3.63, 3.8) is 0 Å². The molecule has 0 fully saturated rings. The zero-order valence-electron chi connectivity index (χ0n) is 10.4. The van der Waals surface area contributed by atoms with Crippen LogP contribution in [0.25, 0.3) is 0 Å². The summed E-state index contributed by atoms with van der Waals surface area (Å²) in [7, 11) is 1.50. The van der Waals surface area contributed by atoms with Gasteiger partial charge in [-0.1, -0.05) is 12.1 Å². The molecule has 0 saturated heterocycles. The van der Waals surface area contributed by atoms with Gasteiger partial charge in [0, 0.05) is 13.6 Å². The fourth-order valence-corrected chi connectivity index (χ4v) is 2.05. The number of alkyl halides is 3. The first kappa shape index (κ1) is 14.4. The average Bonchev–Trinajstić information content (AvgIpc) is 2.91. The van der Waals surface area contributed by atoms with Gasteiger partial charge in [0.1, 0.15) is 0 Å². The first-order valence-electron chi connectivity index (χ1n) is 5.57. The molecule has 4 nitrogen and oxygen atoms in total. The summed E-state index contributed by atoms with van der Waals surface area (Å²) in [5, 5.41) is 0. The Morgan fingerprint density at radius 1 is 1.40 bits per heavy atom. The Bertz CT molecular complexity index is 598. The molecule has 106 valence electrons. The van der Waals surface area contributed by atoms with Gasteiger partial charge in [0.2, 0.25) is 0 Å². The predicted molar refractivity (Wildman–Crippen MR) is 67.2 cm³/mol. The summed E-state index contributed by atoms with van der Waals surface area (Å²) in [6, 6.07) is 4.89. The molecule has 0 bridgehead atoms. The summed E-state index contributed by atoms with van der Waals surface area (Å²) in [5.74, 6) is -0.379. The summed E-state index contributed by atoms with van der Waals surface area (Å²) < 4.78 is 45.3. The van der Waals surface area contributed by atoms with Crippen molar-refractivity contribution in [1.29, 1.82) is 0 Å². The Morgan fingerprint density at radius 2 is 2.15 bits per heavy atom. The Balaban J connectivity index is 2.12. The van der Waals surface area contributed by atoms with Gasteiger partial charge in [0.15, 0.2) is 5.69 Å². The molecule has 0 radical (unpaired) electrons. The SMILES string of the molecule is CN(Cc1cccc(C(F)(F)F)c1)C(=O)c1cnsn1. The fourth-order valence-electron chi connectivity index (χ4n) is 1.65. The first-order chi connectivity index (χ1) is 9.38. The van der Waals surface area contributed by atoms with Gasteiger partial charge in [-0.25, -0.2) is 0 Å². The van der Waals surface area contributed by atoms with Gasteiger partial charge in [0.05, 0.1) is 23.5 Å². The number of hydrogen-bond donors (Lipinski definition) is 0. The lowest BCUT2D eigenvalue weighted by Gasteiger charge is -2.16. The number of rotatable bonds is 3. The summed E-state index contributed by atoms with van der Waals surface area (Å²) in [4.78, 5) is 13.2. The van der Waals surface area contributed by atoms with Crippen LogP contribution in [0.1, 0.15) is 21.6 Å². The lowest BCUT2D eigenvalue weighted by Crippen LogP contribution is -2.26. The van der Waals surface area contributed by atoms with E-state index in [0.717, 1.165) is 23.9 Å². The van der Waals surface area contributed by atoms with Gasteiger partial charge in [-0.2, -0.15) is 21.9 Å². The summed E-state index contributed by atoms with van der Waals surface area (Å²) in [6.07, 6.45) is -3.06. The number of halogens is 3. The fraction of sp³-hybridized carbons (Fsp3) is 0.250. The number of amides is 1. The zero-order valence-corrected chi connectivity index (χ0v) is 11.2. The number of carbonyl (C=O) groups excluding carboxylic acids is 1. The van der Waals surface area contributed by atoms with Crippen LogP contribution in [-0.4, -0.2) is 26.6 Å². The molecule has 20 heavy (non-hydrogen) atoms. The highest BCUT2D eigenvalue weighted by atomic mass is 32.1. The van der Waals surface area contributed by atoms with Crippen molar-refractivity contribution in [3.05, 3.63) is 47.3 Å². The van der Waals surface area contributed by atoms with Gasteiger partial charge >= 0.3 is 6.18 Å². The molecule has 0 aliphatic carbocycles. The van der Waals surface area contributed by atoms with Gasteiger partial charge in [-0.3, -0.25) is 4.79 Å². The van der Waals surface area contributed by atoms with E-state index in [1.165, 1.54) is 30.3 Å². The second kappa shape index (κ2) is 5.58. The molecule has 2 aromatic rings. The highest BCUT2D eigenvalue weighted by molar-refractivity contribution is 6.99. The third-order valence-electron chi connectivity index (χ3n) is 2.60. The topological polar surface area (TPSA) is 46.1 Å². The standard InChI is InChI=1S/C12H10F3N3OS/c1-18(11(19)10-6-16-20-17-10)7-8-3-2-4-9(5-8)12(13,14)15/h2-6H,7H2,1H3. The summed E-state index contributed by atoms with van der Waals surface area (Å²) >= 11 is 0.901. The van der Waals surface area contributed by atoms with Gasteiger partial charge < -0.3 is 4.90 Å². The van der Waals surface area contributed by atoms with E-state index in [4.69, 9.17) is 0 Å². The minimum Gasteiger partial charge on any atom is -0.336 e. The van der Waals surface area contributed by atoms with E-state index >= 15 is 0 Å². The molecule has 0 aliphatic heterocycles. The largest absolute Gasteiger partial charge is 0.416 e. The van der Waals surface area contributed by atoms with Crippen LogP contribution in [0.2, 0.25) is 0 Å². The third-order valence-corrected chi connectivity index (χ3v) is 3.08. The van der Waals surface area contributed by atoms with E-state index in [9.17, 15) is 18.0 Å². The maximum atomic E-state index is 12.6. The van der Waals surface area contributed by atoms with E-state index in [2.05, 4.69) is 8.75 Å². The van der Waals surface area contributed by atoms with Gasteiger partial charge in [-0.15, -0.1) is 0 Å². The van der Waals surface area contributed by atoms with Crippen LogP contribution < -0.4 is 0 Å². The predicted octanol–water partition coefficient (Wildman–Crippen LogP) is 2.83. The molecule has 0 aliphatic rings. The average molecular weight is 301 g/mol. The molecule has 1 amide bonds. The van der Waals surface area contributed by atoms with Crippen LogP contribution >= 0.6 is 11.7 Å². The monoisotopic (exact) mass is 301 g/mol. The molecule has 0 spiro atoms. The Labute approximate surface area is 117 Å². The van der Waals surface area contributed by atoms with Crippen molar-refractivity contribution in [2.75, 3.05) is 7.05 Å². The molecule has 1 heterocycles. The molecule has 0 saturated carbocycles. The maximum absolute atomic E-state index is 12.6. The van der Waals surface area contributed by atoms with Crippen LogP contribution in [0, 0.1) is 0 Å². The van der Waals surface area contributed by atoms with Crippen molar-refractivity contribution in [3.8, 4) is 0 Å². The van der Waals surface area contributed by atoms with E-state index in [1.807, 2.05) is 0 Å². The third kappa shape index (κ3) is 3.32.